The summed E-state index contributed by atoms with van der Waals surface area (Å²) in [5.74, 6) is 1.56. The molecule has 0 N–H and O–H groups in total. The topological polar surface area (TPSA) is 60.9 Å². The minimum absolute atomic E-state index is 0.254. The normalized spacial score (nSPS) is 11.3. The first-order chi connectivity index (χ1) is 9.67. The van der Waals surface area contributed by atoms with Crippen molar-refractivity contribution in [1.29, 1.82) is 0 Å². The molecule has 0 saturated carbocycles. The van der Waals surface area contributed by atoms with E-state index in [-0.39, 0.29) is 5.92 Å². The summed E-state index contributed by atoms with van der Waals surface area (Å²) in [6.45, 7) is 4.59. The molecule has 0 radical (unpaired) electrons. The zero-order chi connectivity index (χ0) is 14.1. The molecule has 102 valence electrons. The Balaban J connectivity index is 1.92. The van der Waals surface area contributed by atoms with E-state index in [1.165, 1.54) is 0 Å². The molecule has 0 saturated heterocycles. The number of hydrogen-bond donors (Lipinski definition) is 0. The van der Waals surface area contributed by atoms with Gasteiger partial charge in [0.05, 0.1) is 0 Å². The molecule has 0 aliphatic heterocycles. The van der Waals surface area contributed by atoms with E-state index in [1.54, 1.807) is 6.07 Å². The van der Waals surface area contributed by atoms with Crippen LogP contribution in [0.2, 0.25) is 0 Å². The molecular formula is C15H15N3O2. The van der Waals surface area contributed by atoms with Crippen molar-refractivity contribution < 1.29 is 9.32 Å². The largest absolute Gasteiger partial charge is 0.338 e. The fraction of sp³-hybridized carbons (Fsp3) is 0.267. The average Bonchev–Trinajstić information content (AvgIpc) is 3.06. The molecule has 1 aromatic carbocycles. The van der Waals surface area contributed by atoms with Crippen LogP contribution in [0.1, 0.15) is 41.8 Å². The van der Waals surface area contributed by atoms with Crippen LogP contribution in [0.3, 0.4) is 0 Å². The second kappa shape index (κ2) is 4.92. The third-order valence-electron chi connectivity index (χ3n) is 3.24. The first-order valence-corrected chi connectivity index (χ1v) is 6.54. The number of nitrogens with zero attached hydrogens (tertiary/aromatic N) is 3. The zero-order valence-electron chi connectivity index (χ0n) is 11.4. The van der Waals surface area contributed by atoms with Crippen LogP contribution in [0, 0.1) is 0 Å². The summed E-state index contributed by atoms with van der Waals surface area (Å²) in [7, 11) is 0. The number of rotatable bonds is 4. The van der Waals surface area contributed by atoms with Gasteiger partial charge < -0.3 is 9.09 Å². The minimum Gasteiger partial charge on any atom is -0.338 e. The molecule has 5 nitrogen and oxygen atoms in total. The molecule has 3 rings (SSSR count). The van der Waals surface area contributed by atoms with Crippen LogP contribution < -0.4 is 0 Å². The zero-order valence-corrected chi connectivity index (χ0v) is 11.4. The molecule has 0 aliphatic carbocycles. The van der Waals surface area contributed by atoms with E-state index in [2.05, 4.69) is 10.1 Å². The van der Waals surface area contributed by atoms with Gasteiger partial charge in [0.1, 0.15) is 12.8 Å². The Bertz CT molecular complexity index is 755. The maximum atomic E-state index is 10.8. The van der Waals surface area contributed by atoms with Gasteiger partial charge in [-0.15, -0.1) is 0 Å². The lowest BCUT2D eigenvalue weighted by Gasteiger charge is -2.01. The number of carbonyl (C=O) groups is 1. The van der Waals surface area contributed by atoms with Crippen molar-refractivity contribution in [2.24, 2.45) is 0 Å². The lowest BCUT2D eigenvalue weighted by Crippen LogP contribution is -1.99. The van der Waals surface area contributed by atoms with Crippen LogP contribution in [-0.4, -0.2) is 21.0 Å². The molecule has 3 aromatic rings. The van der Waals surface area contributed by atoms with Crippen molar-refractivity contribution in [3.8, 4) is 0 Å². The molecule has 0 fully saturated rings. The Kier molecular flexibility index (Phi) is 3.10. The summed E-state index contributed by atoms with van der Waals surface area (Å²) < 4.78 is 7.28. The second-order valence-corrected chi connectivity index (χ2v) is 5.08. The molecule has 0 atom stereocenters. The van der Waals surface area contributed by atoms with Gasteiger partial charge >= 0.3 is 0 Å². The van der Waals surface area contributed by atoms with E-state index in [0.29, 0.717) is 18.0 Å². The van der Waals surface area contributed by atoms with Crippen LogP contribution in [-0.2, 0) is 6.54 Å². The molecule has 5 heteroatoms. The third kappa shape index (κ3) is 2.22. The Labute approximate surface area is 116 Å². The summed E-state index contributed by atoms with van der Waals surface area (Å²) in [6, 6.07) is 7.58. The molecule has 0 amide bonds. The fourth-order valence-corrected chi connectivity index (χ4v) is 2.14. The highest BCUT2D eigenvalue weighted by molar-refractivity contribution is 5.87. The Morgan fingerprint density at radius 1 is 1.35 bits per heavy atom. The number of carbonyl (C=O) groups excluding carboxylic acids is 1. The Morgan fingerprint density at radius 3 is 2.90 bits per heavy atom. The SMILES string of the molecule is CC(C)c1noc(Cn2ccc3cc(C=O)ccc32)n1. The molecule has 0 unspecified atom stereocenters. The summed E-state index contributed by atoms with van der Waals surface area (Å²) in [6.07, 6.45) is 2.81. The van der Waals surface area contributed by atoms with Crippen molar-refractivity contribution in [3.05, 3.63) is 47.7 Å². The van der Waals surface area contributed by atoms with Crippen molar-refractivity contribution in [1.82, 2.24) is 14.7 Å². The maximum Gasteiger partial charge on any atom is 0.246 e. The first kappa shape index (κ1) is 12.6. The smallest absolute Gasteiger partial charge is 0.246 e. The van der Waals surface area contributed by atoms with Crippen molar-refractivity contribution >= 4 is 17.2 Å². The standard InChI is InChI=1S/C15H15N3O2/c1-10(2)15-16-14(20-17-15)8-18-6-5-12-7-11(9-19)3-4-13(12)18/h3-7,9-10H,8H2,1-2H3. The third-order valence-corrected chi connectivity index (χ3v) is 3.24. The predicted octanol–water partition coefficient (Wildman–Crippen LogP) is 3.01. The number of aldehydes is 1. The molecule has 0 aliphatic rings. The van der Waals surface area contributed by atoms with Gasteiger partial charge in [-0.25, -0.2) is 0 Å². The fourth-order valence-electron chi connectivity index (χ4n) is 2.14. The van der Waals surface area contributed by atoms with Crippen LogP contribution in [0.25, 0.3) is 10.9 Å². The lowest BCUT2D eigenvalue weighted by atomic mass is 10.2. The van der Waals surface area contributed by atoms with Gasteiger partial charge in [0.15, 0.2) is 5.82 Å². The van der Waals surface area contributed by atoms with E-state index in [1.807, 2.05) is 42.8 Å². The average molecular weight is 269 g/mol. The number of fused-ring (bicyclic) bond motifs is 1. The van der Waals surface area contributed by atoms with Crippen molar-refractivity contribution in [3.63, 3.8) is 0 Å². The summed E-state index contributed by atoms with van der Waals surface area (Å²) in [5, 5.41) is 4.98. The van der Waals surface area contributed by atoms with Gasteiger partial charge in [0.2, 0.25) is 5.89 Å². The molecule has 20 heavy (non-hydrogen) atoms. The second-order valence-electron chi connectivity index (χ2n) is 5.08. The van der Waals surface area contributed by atoms with E-state index in [0.717, 1.165) is 23.0 Å². The van der Waals surface area contributed by atoms with Gasteiger partial charge in [0, 0.05) is 28.6 Å². The molecule has 0 spiro atoms. The Hall–Kier alpha value is -2.43. The van der Waals surface area contributed by atoms with Crippen LogP contribution in [0.5, 0.6) is 0 Å². The highest BCUT2D eigenvalue weighted by Crippen LogP contribution is 2.18. The highest BCUT2D eigenvalue weighted by Gasteiger charge is 2.11. The van der Waals surface area contributed by atoms with E-state index in [9.17, 15) is 4.79 Å². The van der Waals surface area contributed by atoms with Crippen molar-refractivity contribution in [2.45, 2.75) is 26.3 Å². The molecule has 2 heterocycles. The maximum absolute atomic E-state index is 10.8. The van der Waals surface area contributed by atoms with Gasteiger partial charge in [-0.05, 0) is 24.3 Å². The summed E-state index contributed by atoms with van der Waals surface area (Å²) in [5.41, 5.74) is 1.72. The van der Waals surface area contributed by atoms with Gasteiger partial charge in [-0.3, -0.25) is 4.79 Å². The van der Waals surface area contributed by atoms with E-state index < -0.39 is 0 Å². The summed E-state index contributed by atoms with van der Waals surface area (Å²) >= 11 is 0. The predicted molar refractivity (Wildman–Crippen MR) is 74.8 cm³/mol. The van der Waals surface area contributed by atoms with Crippen LogP contribution >= 0.6 is 0 Å². The molecule has 0 bridgehead atoms. The highest BCUT2D eigenvalue weighted by atomic mass is 16.5. The van der Waals surface area contributed by atoms with Gasteiger partial charge in [-0.2, -0.15) is 4.98 Å². The monoisotopic (exact) mass is 269 g/mol. The number of benzene rings is 1. The van der Waals surface area contributed by atoms with Crippen LogP contribution in [0.15, 0.2) is 35.0 Å². The quantitative estimate of drug-likeness (QED) is 0.683. The van der Waals surface area contributed by atoms with E-state index >= 15 is 0 Å². The minimum atomic E-state index is 0.254. The van der Waals surface area contributed by atoms with Gasteiger partial charge in [0.25, 0.3) is 0 Å². The first-order valence-electron chi connectivity index (χ1n) is 6.54. The van der Waals surface area contributed by atoms with Crippen LogP contribution in [0.4, 0.5) is 0 Å². The summed E-state index contributed by atoms with van der Waals surface area (Å²) in [4.78, 5) is 15.1. The van der Waals surface area contributed by atoms with E-state index in [4.69, 9.17) is 4.52 Å². The van der Waals surface area contributed by atoms with Gasteiger partial charge in [-0.1, -0.05) is 19.0 Å². The van der Waals surface area contributed by atoms with Crippen molar-refractivity contribution in [2.75, 3.05) is 0 Å². The lowest BCUT2D eigenvalue weighted by molar-refractivity contribution is 0.112. The molecular weight excluding hydrogens is 254 g/mol. The molecule has 2 aromatic heterocycles. The Morgan fingerprint density at radius 2 is 2.20 bits per heavy atom. The number of hydrogen-bond acceptors (Lipinski definition) is 4. The number of aromatic nitrogens is 3.